The van der Waals surface area contributed by atoms with Crippen molar-refractivity contribution in [2.24, 2.45) is 22.4 Å². The van der Waals surface area contributed by atoms with Gasteiger partial charge in [-0.15, -0.1) is 0 Å². The normalized spacial score (nSPS) is 13.8. The van der Waals surface area contributed by atoms with Crippen LogP contribution in [-0.2, 0) is 43.5 Å². The van der Waals surface area contributed by atoms with E-state index in [9.17, 15) is 33.6 Å². The number of nitrogens with two attached hydrogens (primary N) is 2. The summed E-state index contributed by atoms with van der Waals surface area (Å²) in [7, 11) is 0. The molecule has 3 heterocycles. The lowest BCUT2D eigenvalue weighted by molar-refractivity contribution is -0.132. The molecule has 19 heteroatoms. The molecule has 0 radical (unpaired) electrons. The number of hydrogen-bond donors (Lipinski definition) is 7. The van der Waals surface area contributed by atoms with Gasteiger partial charge in [0.15, 0.2) is 0 Å². The average molecular weight is 964 g/mol. The number of nitrogens with zero attached hydrogens (tertiary/aromatic N) is 4. The number of rotatable bonds is 23. The van der Waals surface area contributed by atoms with Gasteiger partial charge in [0.2, 0.25) is 23.6 Å². The Bertz CT molecular complexity index is 2410. The van der Waals surface area contributed by atoms with Crippen LogP contribution in [-0.4, -0.2) is 101 Å². The first-order chi connectivity index (χ1) is 33.6. The van der Waals surface area contributed by atoms with Crippen molar-refractivity contribution >= 4 is 70.6 Å². The van der Waals surface area contributed by atoms with E-state index in [-0.39, 0.29) is 56.1 Å². The van der Waals surface area contributed by atoms with Crippen molar-refractivity contribution in [1.29, 1.82) is 0 Å². The number of aromatic nitrogens is 1. The highest BCUT2D eigenvalue weighted by molar-refractivity contribution is 6.08. The molecular formula is C51H69N11O8. The number of pyridine rings is 1. The first kappa shape index (κ1) is 53.6. The third-order valence-electron chi connectivity index (χ3n) is 11.8. The fourth-order valence-electron chi connectivity index (χ4n) is 8.09. The zero-order valence-corrected chi connectivity index (χ0v) is 41.0. The molecule has 376 valence electrons. The van der Waals surface area contributed by atoms with E-state index in [1.807, 2.05) is 39.5 Å². The summed E-state index contributed by atoms with van der Waals surface area (Å²) >= 11 is 0. The van der Waals surface area contributed by atoms with Crippen LogP contribution >= 0.6 is 0 Å². The van der Waals surface area contributed by atoms with E-state index in [1.54, 1.807) is 65.7 Å². The molecular weight excluding hydrogens is 895 g/mol. The van der Waals surface area contributed by atoms with Crippen LogP contribution in [0.2, 0.25) is 0 Å². The zero-order valence-electron chi connectivity index (χ0n) is 41.0. The van der Waals surface area contributed by atoms with Gasteiger partial charge in [-0.05, 0) is 85.6 Å². The summed E-state index contributed by atoms with van der Waals surface area (Å²) in [5.74, 6) is -1.66. The molecule has 2 aliphatic rings. The number of benzene rings is 2. The third kappa shape index (κ3) is 15.9. The fraction of sp³-hybridized carbons (Fsp3) is 0.471. The van der Waals surface area contributed by atoms with Crippen LogP contribution in [0.15, 0.2) is 65.3 Å². The summed E-state index contributed by atoms with van der Waals surface area (Å²) < 4.78 is 5.67. The number of ether oxygens (including phenoxy) is 1. The number of carbonyl (C=O) groups is 7. The molecule has 1 aromatic heterocycles. The largest absolute Gasteiger partial charge is 0.445 e. The number of unbranched alkanes of at least 4 members (excludes halogenated alkanes) is 2. The Labute approximate surface area is 410 Å². The number of nitrogens with one attached hydrogen (secondary N) is 5. The van der Waals surface area contributed by atoms with E-state index in [0.717, 1.165) is 36.9 Å². The molecule has 5 rings (SSSR count). The Morgan fingerprint density at radius 1 is 0.857 bits per heavy atom. The predicted octanol–water partition coefficient (Wildman–Crippen LogP) is 6.05. The zero-order chi connectivity index (χ0) is 50.7. The summed E-state index contributed by atoms with van der Waals surface area (Å²) in [6.45, 7) is 11.8. The number of anilines is 2. The summed E-state index contributed by atoms with van der Waals surface area (Å²) in [4.78, 5) is 104. The van der Waals surface area contributed by atoms with Gasteiger partial charge in [-0.1, -0.05) is 65.7 Å². The number of amidine groups is 1. The number of hydrogen-bond acceptors (Lipinski definition) is 11. The molecule has 0 bridgehead atoms. The minimum atomic E-state index is -0.994. The summed E-state index contributed by atoms with van der Waals surface area (Å²) in [5, 5.41) is 13.8. The number of aliphatic imine (C=N–C) groups is 1. The van der Waals surface area contributed by atoms with Gasteiger partial charge in [0, 0.05) is 73.5 Å². The molecule has 2 unspecified atom stereocenters. The lowest BCUT2D eigenvalue weighted by atomic mass is 10.0. The monoisotopic (exact) mass is 964 g/mol. The van der Waals surface area contributed by atoms with Crippen molar-refractivity contribution in [3.8, 4) is 0 Å². The lowest BCUT2D eigenvalue weighted by Gasteiger charge is -2.28. The van der Waals surface area contributed by atoms with Crippen LogP contribution in [0.5, 0.6) is 0 Å². The molecule has 0 saturated carbocycles. The molecule has 2 atom stereocenters. The molecule has 19 nitrogen and oxygen atoms in total. The number of fused-ring (bicyclic) bond motifs is 2. The Morgan fingerprint density at radius 2 is 1.60 bits per heavy atom. The average Bonchev–Trinajstić information content (AvgIpc) is 3.50. The molecule has 0 spiro atoms. The smallest absolute Gasteiger partial charge is 0.410 e. The quantitative estimate of drug-likeness (QED) is 0.0541. The second-order valence-corrected chi connectivity index (χ2v) is 18.0. The minimum absolute atomic E-state index is 0.0445. The minimum Gasteiger partial charge on any atom is -0.445 e. The Balaban J connectivity index is 1.15. The molecule has 0 aliphatic carbocycles. The van der Waals surface area contributed by atoms with Crippen LogP contribution in [0.25, 0.3) is 6.08 Å². The molecule has 3 aromatic rings. The van der Waals surface area contributed by atoms with Crippen molar-refractivity contribution in [3.63, 3.8) is 0 Å². The molecule has 8 amide bonds. The van der Waals surface area contributed by atoms with Crippen molar-refractivity contribution in [2.45, 2.75) is 124 Å². The second kappa shape index (κ2) is 26.4. The highest BCUT2D eigenvalue weighted by atomic mass is 16.6. The molecule has 0 fully saturated rings. The van der Waals surface area contributed by atoms with Crippen molar-refractivity contribution < 1.29 is 38.3 Å². The number of amides is 8. The maximum atomic E-state index is 13.6. The van der Waals surface area contributed by atoms with Crippen LogP contribution in [0.1, 0.15) is 125 Å². The van der Waals surface area contributed by atoms with Gasteiger partial charge in [0.05, 0.1) is 24.1 Å². The second-order valence-electron chi connectivity index (χ2n) is 18.0. The van der Waals surface area contributed by atoms with Crippen LogP contribution in [0, 0.1) is 5.92 Å². The number of carbonyl (C=O) groups excluding carboxylic acids is 7. The molecule has 9 N–H and O–H groups in total. The van der Waals surface area contributed by atoms with E-state index in [0.29, 0.717) is 84.6 Å². The Morgan fingerprint density at radius 3 is 2.29 bits per heavy atom. The predicted molar refractivity (Wildman–Crippen MR) is 269 cm³/mol. The van der Waals surface area contributed by atoms with Gasteiger partial charge in [-0.2, -0.15) is 0 Å². The van der Waals surface area contributed by atoms with Crippen LogP contribution < -0.4 is 38.1 Å². The first-order valence-corrected chi connectivity index (χ1v) is 24.3. The van der Waals surface area contributed by atoms with E-state index < -0.39 is 41.9 Å². The molecule has 70 heavy (non-hydrogen) atoms. The first-order valence-electron chi connectivity index (χ1n) is 24.3. The number of primary amides is 1. The van der Waals surface area contributed by atoms with Crippen molar-refractivity contribution in [3.05, 3.63) is 88.2 Å². The van der Waals surface area contributed by atoms with Gasteiger partial charge in [0.1, 0.15) is 24.5 Å². The maximum absolute atomic E-state index is 13.6. The van der Waals surface area contributed by atoms with Crippen LogP contribution in [0.3, 0.4) is 0 Å². The van der Waals surface area contributed by atoms with E-state index >= 15 is 0 Å². The van der Waals surface area contributed by atoms with Crippen LogP contribution in [0.4, 0.5) is 26.7 Å². The van der Waals surface area contributed by atoms with E-state index in [2.05, 4.69) is 36.6 Å². The topological polar surface area (TPSA) is 273 Å². The molecule has 0 saturated heterocycles. The third-order valence-corrected chi connectivity index (χ3v) is 11.8. The van der Waals surface area contributed by atoms with Gasteiger partial charge in [0.25, 0.3) is 5.91 Å². The van der Waals surface area contributed by atoms with Crippen molar-refractivity contribution in [2.75, 3.05) is 36.8 Å². The summed E-state index contributed by atoms with van der Waals surface area (Å²) in [6, 6.07) is 11.0. The van der Waals surface area contributed by atoms with Gasteiger partial charge in [-0.25, -0.2) is 14.6 Å². The standard InChI is InChI=1S/C51H69N11O8/c1-6-9-10-13-44(63)60-45(32(4)5)48(66)59-41(12-11-21-54-50(53)68)47(65)56-38-18-14-33(15-19-38)31-70-51(69)62-24-20-40-37(30-62)26-39(29-55-40)57-46(64)35-17-16-34-25-36(28-43(52)58-42(34)27-35)49(67)61(22-7-2)23-8-3/h14-19,25-27,29,32,41,45H,6-13,20-24,28,30-31H2,1-5H3,(H2,52,58)(H,56,65)(H,57,64)(H,59,66)(H,60,63)(H3,53,54,68). The molecule has 2 aromatic carbocycles. The highest BCUT2D eigenvalue weighted by Gasteiger charge is 2.29. The SMILES string of the molecule is CCCCCC(=O)NC(C(=O)NC(CCCNC(N)=O)C(=O)Nc1ccc(COC(=O)N2CCc3ncc(NC(=O)c4ccc5c(c4)N=C(N)CC(C(=O)N(CCC)CCC)=C5)cc3C2)cc1)C(C)C. The fourth-order valence-corrected chi connectivity index (χ4v) is 8.09. The van der Waals surface area contributed by atoms with Gasteiger partial charge in [-0.3, -0.25) is 29.0 Å². The number of urea groups is 1. The van der Waals surface area contributed by atoms with E-state index in [4.69, 9.17) is 16.2 Å². The van der Waals surface area contributed by atoms with Crippen molar-refractivity contribution in [1.82, 2.24) is 30.7 Å². The van der Waals surface area contributed by atoms with E-state index in [1.165, 1.54) is 0 Å². The Kier molecular flexibility index (Phi) is 20.3. The lowest BCUT2D eigenvalue weighted by Crippen LogP contribution is -2.54. The maximum Gasteiger partial charge on any atom is 0.410 e. The van der Waals surface area contributed by atoms with Gasteiger partial charge < -0.3 is 52.6 Å². The van der Waals surface area contributed by atoms with Gasteiger partial charge >= 0.3 is 12.1 Å². The Hall–Kier alpha value is -7.31. The molecule has 2 aliphatic heterocycles. The summed E-state index contributed by atoms with van der Waals surface area (Å²) in [5.41, 5.74) is 16.6. The highest BCUT2D eigenvalue weighted by Crippen LogP contribution is 2.29. The summed E-state index contributed by atoms with van der Waals surface area (Å²) in [6.07, 6.45) is 8.59.